The van der Waals surface area contributed by atoms with Crippen LogP contribution in [0.3, 0.4) is 0 Å². The smallest absolute Gasteiger partial charge is 0.242 e. The van der Waals surface area contributed by atoms with Gasteiger partial charge in [-0.2, -0.15) is 0 Å². The molecule has 0 aliphatic heterocycles. The lowest BCUT2D eigenvalue weighted by Gasteiger charge is -2.16. The van der Waals surface area contributed by atoms with Crippen molar-refractivity contribution in [2.24, 2.45) is 5.92 Å². The number of anilines is 1. The molecule has 1 aromatic carbocycles. The topological polar surface area (TPSA) is 41.1 Å². The lowest BCUT2D eigenvalue weighted by molar-refractivity contribution is -0.121. The first-order chi connectivity index (χ1) is 9.52. The molecule has 1 aromatic rings. The van der Waals surface area contributed by atoms with Gasteiger partial charge in [-0.25, -0.2) is 0 Å². The predicted molar refractivity (Wildman–Crippen MR) is 86.0 cm³/mol. The summed E-state index contributed by atoms with van der Waals surface area (Å²) in [4.78, 5) is 11.9. The molecule has 1 unspecified atom stereocenters. The van der Waals surface area contributed by atoms with Crippen molar-refractivity contribution in [1.82, 2.24) is 5.32 Å². The first-order valence-corrected chi connectivity index (χ1v) is 7.66. The van der Waals surface area contributed by atoms with Crippen LogP contribution >= 0.6 is 0 Å². The Bertz CT molecular complexity index is 398. The lowest BCUT2D eigenvalue weighted by Crippen LogP contribution is -2.39. The first kappa shape index (κ1) is 16.5. The highest BCUT2D eigenvalue weighted by Gasteiger charge is 2.12. The molecular weight excluding hydrogens is 248 g/mol. The minimum absolute atomic E-state index is 0.0498. The largest absolute Gasteiger partial charge is 0.374 e. The number of rotatable bonds is 8. The standard InChI is InChI=1S/C17H28N2O/c1-5-6-7-15-8-10-16(11-9-15)19-14(4)17(20)18-12-13(2)3/h8-11,13-14,19H,5-7,12H2,1-4H3,(H,18,20). The zero-order valence-corrected chi connectivity index (χ0v) is 13.2. The van der Waals surface area contributed by atoms with Crippen LogP contribution in [0.25, 0.3) is 0 Å². The van der Waals surface area contributed by atoms with Crippen LogP contribution < -0.4 is 10.6 Å². The quantitative estimate of drug-likeness (QED) is 0.761. The summed E-state index contributed by atoms with van der Waals surface area (Å²) in [5, 5.41) is 6.18. The van der Waals surface area contributed by atoms with Gasteiger partial charge in [0, 0.05) is 12.2 Å². The molecule has 0 saturated heterocycles. The molecule has 0 spiro atoms. The second-order valence-electron chi connectivity index (χ2n) is 5.81. The average molecular weight is 276 g/mol. The molecule has 0 aliphatic carbocycles. The fourth-order valence-electron chi connectivity index (χ4n) is 1.92. The minimum Gasteiger partial charge on any atom is -0.374 e. The monoisotopic (exact) mass is 276 g/mol. The molecule has 1 atom stereocenters. The maximum Gasteiger partial charge on any atom is 0.242 e. The van der Waals surface area contributed by atoms with Gasteiger partial charge >= 0.3 is 0 Å². The Hall–Kier alpha value is -1.51. The molecule has 0 bridgehead atoms. The number of benzene rings is 1. The number of hydrogen-bond donors (Lipinski definition) is 2. The van der Waals surface area contributed by atoms with Gasteiger partial charge in [0.2, 0.25) is 5.91 Å². The Morgan fingerprint density at radius 2 is 1.80 bits per heavy atom. The van der Waals surface area contributed by atoms with Crippen LogP contribution in [-0.4, -0.2) is 18.5 Å². The van der Waals surface area contributed by atoms with Gasteiger partial charge in [-0.15, -0.1) is 0 Å². The fourth-order valence-corrected chi connectivity index (χ4v) is 1.92. The normalized spacial score (nSPS) is 12.2. The van der Waals surface area contributed by atoms with E-state index in [1.54, 1.807) is 0 Å². The van der Waals surface area contributed by atoms with Gasteiger partial charge in [-0.1, -0.05) is 39.3 Å². The van der Waals surface area contributed by atoms with Crippen molar-refractivity contribution in [2.75, 3.05) is 11.9 Å². The van der Waals surface area contributed by atoms with Crippen molar-refractivity contribution < 1.29 is 4.79 Å². The molecule has 1 amide bonds. The third-order valence-electron chi connectivity index (χ3n) is 3.23. The summed E-state index contributed by atoms with van der Waals surface area (Å²) < 4.78 is 0. The van der Waals surface area contributed by atoms with Crippen LogP contribution in [0.2, 0.25) is 0 Å². The van der Waals surface area contributed by atoms with Crippen LogP contribution in [0.15, 0.2) is 24.3 Å². The number of aryl methyl sites for hydroxylation is 1. The maximum absolute atomic E-state index is 11.9. The molecule has 0 fully saturated rings. The van der Waals surface area contributed by atoms with Gasteiger partial charge in [0.05, 0.1) is 0 Å². The average Bonchev–Trinajstić information content (AvgIpc) is 2.43. The van der Waals surface area contributed by atoms with E-state index in [-0.39, 0.29) is 11.9 Å². The van der Waals surface area contributed by atoms with Crippen LogP contribution in [0, 0.1) is 5.92 Å². The summed E-state index contributed by atoms with van der Waals surface area (Å²) >= 11 is 0. The zero-order valence-electron chi connectivity index (χ0n) is 13.2. The van der Waals surface area contributed by atoms with Crippen molar-refractivity contribution >= 4 is 11.6 Å². The highest BCUT2D eigenvalue weighted by molar-refractivity contribution is 5.84. The van der Waals surface area contributed by atoms with E-state index in [1.165, 1.54) is 18.4 Å². The number of amides is 1. The number of nitrogens with one attached hydrogen (secondary N) is 2. The molecule has 0 aromatic heterocycles. The van der Waals surface area contributed by atoms with Crippen LogP contribution in [0.1, 0.15) is 46.1 Å². The van der Waals surface area contributed by atoms with Gasteiger partial charge in [0.25, 0.3) is 0 Å². The van der Waals surface area contributed by atoms with Gasteiger partial charge in [-0.3, -0.25) is 4.79 Å². The van der Waals surface area contributed by atoms with Crippen molar-refractivity contribution in [3.8, 4) is 0 Å². The Labute approximate surface area is 123 Å². The van der Waals surface area contributed by atoms with Crippen LogP contribution in [0.5, 0.6) is 0 Å². The van der Waals surface area contributed by atoms with E-state index in [1.807, 2.05) is 6.92 Å². The zero-order chi connectivity index (χ0) is 15.0. The highest BCUT2D eigenvalue weighted by Crippen LogP contribution is 2.12. The SMILES string of the molecule is CCCCc1ccc(NC(C)C(=O)NCC(C)C)cc1. The molecule has 0 radical (unpaired) electrons. The Morgan fingerprint density at radius 1 is 1.15 bits per heavy atom. The van der Waals surface area contributed by atoms with E-state index in [0.717, 1.165) is 18.7 Å². The summed E-state index contributed by atoms with van der Waals surface area (Å²) in [7, 11) is 0. The molecular formula is C17H28N2O. The predicted octanol–water partition coefficient (Wildman–Crippen LogP) is 3.60. The molecule has 1 rings (SSSR count). The molecule has 2 N–H and O–H groups in total. The summed E-state index contributed by atoms with van der Waals surface area (Å²) in [6.07, 6.45) is 3.56. The van der Waals surface area contributed by atoms with Crippen molar-refractivity contribution in [2.45, 2.75) is 53.0 Å². The van der Waals surface area contributed by atoms with Gasteiger partial charge < -0.3 is 10.6 Å². The molecule has 3 heteroatoms. The van der Waals surface area contributed by atoms with Crippen molar-refractivity contribution in [3.05, 3.63) is 29.8 Å². The van der Waals surface area contributed by atoms with Gasteiger partial charge in [0.1, 0.15) is 6.04 Å². The van der Waals surface area contributed by atoms with E-state index in [4.69, 9.17) is 0 Å². The molecule has 0 saturated carbocycles. The molecule has 3 nitrogen and oxygen atoms in total. The molecule has 0 aliphatic rings. The molecule has 20 heavy (non-hydrogen) atoms. The van der Waals surface area contributed by atoms with E-state index in [2.05, 4.69) is 55.7 Å². The van der Waals surface area contributed by atoms with Crippen LogP contribution in [0.4, 0.5) is 5.69 Å². The van der Waals surface area contributed by atoms with E-state index < -0.39 is 0 Å². The number of carbonyl (C=O) groups excluding carboxylic acids is 1. The van der Waals surface area contributed by atoms with E-state index >= 15 is 0 Å². The van der Waals surface area contributed by atoms with Gasteiger partial charge in [0.15, 0.2) is 0 Å². The number of unbranched alkanes of at least 4 members (excludes halogenated alkanes) is 1. The van der Waals surface area contributed by atoms with Crippen LogP contribution in [-0.2, 0) is 11.2 Å². The Kier molecular flexibility index (Phi) is 7.13. The van der Waals surface area contributed by atoms with Crippen molar-refractivity contribution in [3.63, 3.8) is 0 Å². The number of carbonyl (C=O) groups is 1. The fraction of sp³-hybridized carbons (Fsp3) is 0.588. The summed E-state index contributed by atoms with van der Waals surface area (Å²) in [6, 6.07) is 8.16. The Balaban J connectivity index is 2.44. The van der Waals surface area contributed by atoms with Gasteiger partial charge in [-0.05, 0) is 43.4 Å². The van der Waals surface area contributed by atoms with E-state index in [9.17, 15) is 4.79 Å². The third-order valence-corrected chi connectivity index (χ3v) is 3.23. The highest BCUT2D eigenvalue weighted by atomic mass is 16.2. The Morgan fingerprint density at radius 3 is 2.35 bits per heavy atom. The van der Waals surface area contributed by atoms with E-state index in [0.29, 0.717) is 5.92 Å². The second-order valence-corrected chi connectivity index (χ2v) is 5.81. The molecule has 0 heterocycles. The second kappa shape index (κ2) is 8.62. The summed E-state index contributed by atoms with van der Waals surface area (Å²) in [5.41, 5.74) is 2.35. The van der Waals surface area contributed by atoms with Crippen molar-refractivity contribution in [1.29, 1.82) is 0 Å². The first-order valence-electron chi connectivity index (χ1n) is 7.66. The minimum atomic E-state index is -0.213. The maximum atomic E-state index is 11.9. The summed E-state index contributed by atoms with van der Waals surface area (Å²) in [5.74, 6) is 0.526. The number of hydrogen-bond acceptors (Lipinski definition) is 2. The third kappa shape index (κ3) is 6.09. The lowest BCUT2D eigenvalue weighted by atomic mass is 10.1. The molecule has 112 valence electrons. The summed E-state index contributed by atoms with van der Waals surface area (Å²) in [6.45, 7) is 9.00.